The van der Waals surface area contributed by atoms with Gasteiger partial charge in [0.05, 0.1) is 17.6 Å². The van der Waals surface area contributed by atoms with E-state index in [9.17, 15) is 4.79 Å². The summed E-state index contributed by atoms with van der Waals surface area (Å²) in [6, 6.07) is 1.71. The summed E-state index contributed by atoms with van der Waals surface area (Å²) in [6.45, 7) is 3.67. The molecule has 0 saturated carbocycles. The summed E-state index contributed by atoms with van der Waals surface area (Å²) in [6.07, 6.45) is 3.72. The number of anilines is 2. The summed E-state index contributed by atoms with van der Waals surface area (Å²) in [5.74, 6) is -0.125. The molecule has 17 heavy (non-hydrogen) atoms. The van der Waals surface area contributed by atoms with Crippen LogP contribution in [0.4, 0.5) is 11.4 Å². The molecule has 0 radical (unpaired) electrons. The van der Waals surface area contributed by atoms with Gasteiger partial charge in [0.1, 0.15) is 5.60 Å². The zero-order chi connectivity index (χ0) is 13.1. The molecule has 1 atom stereocenters. The topological polar surface area (TPSA) is 68.5 Å². The van der Waals surface area contributed by atoms with Gasteiger partial charge in [0, 0.05) is 20.4 Å². The van der Waals surface area contributed by atoms with Crippen molar-refractivity contribution in [3.8, 4) is 0 Å². The Hall–Kier alpha value is -1.62. The van der Waals surface area contributed by atoms with Crippen LogP contribution in [-0.2, 0) is 9.53 Å². The Kier molecular flexibility index (Phi) is 4.07. The van der Waals surface area contributed by atoms with Gasteiger partial charge in [0.25, 0.3) is 5.91 Å². The summed E-state index contributed by atoms with van der Waals surface area (Å²) in [5, 5.41) is 0. The second-order valence-electron chi connectivity index (χ2n) is 4.09. The molecule has 94 valence electrons. The number of hydrogen-bond acceptors (Lipinski definition) is 4. The van der Waals surface area contributed by atoms with Gasteiger partial charge in [-0.05, 0) is 19.4 Å². The van der Waals surface area contributed by atoms with Gasteiger partial charge in [-0.2, -0.15) is 0 Å². The second-order valence-corrected chi connectivity index (χ2v) is 4.09. The fraction of sp³-hybridized carbons (Fsp3) is 0.500. The van der Waals surface area contributed by atoms with E-state index < -0.39 is 5.60 Å². The van der Waals surface area contributed by atoms with Crippen molar-refractivity contribution in [3.05, 3.63) is 18.5 Å². The quantitative estimate of drug-likeness (QED) is 0.860. The molecule has 0 spiro atoms. The van der Waals surface area contributed by atoms with Crippen molar-refractivity contribution >= 4 is 17.3 Å². The first-order valence-corrected chi connectivity index (χ1v) is 5.49. The van der Waals surface area contributed by atoms with Crippen LogP contribution in [0, 0.1) is 0 Å². The minimum Gasteiger partial charge on any atom is -0.396 e. The van der Waals surface area contributed by atoms with Crippen LogP contribution in [0.2, 0.25) is 0 Å². The van der Waals surface area contributed by atoms with Crippen LogP contribution in [0.15, 0.2) is 18.5 Å². The molecular formula is C12H19N3O2. The van der Waals surface area contributed by atoms with Crippen molar-refractivity contribution in [1.29, 1.82) is 0 Å². The highest BCUT2D eigenvalue weighted by Crippen LogP contribution is 2.25. The van der Waals surface area contributed by atoms with E-state index in [1.54, 1.807) is 26.2 Å². The van der Waals surface area contributed by atoms with E-state index >= 15 is 0 Å². The summed E-state index contributed by atoms with van der Waals surface area (Å²) < 4.78 is 5.28. The number of ether oxygens (including phenoxy) is 1. The molecule has 0 fully saturated rings. The van der Waals surface area contributed by atoms with Gasteiger partial charge in [-0.3, -0.25) is 9.78 Å². The van der Waals surface area contributed by atoms with Crippen LogP contribution in [0.25, 0.3) is 0 Å². The van der Waals surface area contributed by atoms with E-state index in [1.807, 2.05) is 6.92 Å². The van der Waals surface area contributed by atoms with Gasteiger partial charge >= 0.3 is 0 Å². The van der Waals surface area contributed by atoms with Crippen molar-refractivity contribution < 1.29 is 9.53 Å². The fourth-order valence-electron chi connectivity index (χ4n) is 1.55. The van der Waals surface area contributed by atoms with Crippen molar-refractivity contribution in [1.82, 2.24) is 4.98 Å². The highest BCUT2D eigenvalue weighted by Gasteiger charge is 2.34. The molecule has 5 nitrogen and oxygen atoms in total. The molecule has 1 rings (SSSR count). The molecule has 0 aliphatic carbocycles. The van der Waals surface area contributed by atoms with Crippen molar-refractivity contribution in [2.24, 2.45) is 0 Å². The number of nitrogen functional groups attached to an aromatic ring is 1. The third kappa shape index (κ3) is 2.55. The molecule has 1 amide bonds. The van der Waals surface area contributed by atoms with Gasteiger partial charge < -0.3 is 15.4 Å². The lowest BCUT2D eigenvalue weighted by molar-refractivity contribution is -0.138. The monoisotopic (exact) mass is 237 g/mol. The smallest absolute Gasteiger partial charge is 0.258 e. The largest absolute Gasteiger partial charge is 0.396 e. The third-order valence-electron chi connectivity index (χ3n) is 3.07. The van der Waals surface area contributed by atoms with Gasteiger partial charge in [-0.25, -0.2) is 0 Å². The maximum absolute atomic E-state index is 12.3. The minimum absolute atomic E-state index is 0.125. The maximum atomic E-state index is 12.3. The number of nitrogens with zero attached hydrogens (tertiary/aromatic N) is 2. The molecule has 2 N–H and O–H groups in total. The number of amides is 1. The molecule has 5 heteroatoms. The van der Waals surface area contributed by atoms with E-state index in [-0.39, 0.29) is 5.91 Å². The SMILES string of the molecule is CCC(C)(OC)C(=O)N(C)c1ccncc1N. The number of rotatable bonds is 4. The minimum atomic E-state index is -0.829. The van der Waals surface area contributed by atoms with Crippen LogP contribution in [0.1, 0.15) is 20.3 Å². The number of hydrogen-bond donors (Lipinski definition) is 1. The van der Waals surface area contributed by atoms with Crippen molar-refractivity contribution in [2.45, 2.75) is 25.9 Å². The zero-order valence-electron chi connectivity index (χ0n) is 10.7. The molecule has 0 aromatic carbocycles. The maximum Gasteiger partial charge on any atom is 0.258 e. The standard InChI is InChI=1S/C12H19N3O2/c1-5-12(2,17-4)11(16)15(3)10-6-7-14-8-9(10)13/h6-8H,5,13H2,1-4H3. The molecule has 0 bridgehead atoms. The Balaban J connectivity index is 3.02. The third-order valence-corrected chi connectivity index (χ3v) is 3.07. The molecule has 1 aromatic rings. The molecule has 0 aliphatic rings. The number of carbonyl (C=O) groups excluding carboxylic acids is 1. The van der Waals surface area contributed by atoms with Crippen LogP contribution in [0.3, 0.4) is 0 Å². The van der Waals surface area contributed by atoms with Gasteiger partial charge in [0.15, 0.2) is 0 Å². The molecule has 0 saturated heterocycles. The first-order valence-electron chi connectivity index (χ1n) is 5.49. The Morgan fingerprint density at radius 2 is 2.29 bits per heavy atom. The summed E-state index contributed by atoms with van der Waals surface area (Å²) in [4.78, 5) is 17.7. The predicted octanol–water partition coefficient (Wildman–Crippen LogP) is 1.44. The lowest BCUT2D eigenvalue weighted by Crippen LogP contribution is -2.46. The average Bonchev–Trinajstić information content (AvgIpc) is 2.36. The number of carbonyl (C=O) groups is 1. The number of methoxy groups -OCH3 is 1. The molecule has 1 heterocycles. The summed E-state index contributed by atoms with van der Waals surface area (Å²) in [5.41, 5.74) is 6.07. The highest BCUT2D eigenvalue weighted by atomic mass is 16.5. The average molecular weight is 237 g/mol. The normalized spacial score (nSPS) is 14.1. The van der Waals surface area contributed by atoms with Gasteiger partial charge in [0.2, 0.25) is 0 Å². The van der Waals surface area contributed by atoms with E-state index in [0.29, 0.717) is 17.8 Å². The highest BCUT2D eigenvalue weighted by molar-refractivity contribution is 6.00. The van der Waals surface area contributed by atoms with Crippen molar-refractivity contribution in [2.75, 3.05) is 24.8 Å². The summed E-state index contributed by atoms with van der Waals surface area (Å²) >= 11 is 0. The number of aromatic nitrogens is 1. The summed E-state index contributed by atoms with van der Waals surface area (Å²) in [7, 11) is 3.21. The molecule has 1 aromatic heterocycles. The fourth-order valence-corrected chi connectivity index (χ4v) is 1.55. The molecule has 1 unspecified atom stereocenters. The van der Waals surface area contributed by atoms with Crippen LogP contribution in [-0.4, -0.2) is 30.6 Å². The van der Waals surface area contributed by atoms with Crippen LogP contribution in [0.5, 0.6) is 0 Å². The Labute approximate surface area is 102 Å². The molecular weight excluding hydrogens is 218 g/mol. The Morgan fingerprint density at radius 1 is 1.65 bits per heavy atom. The van der Waals surface area contributed by atoms with E-state index in [0.717, 1.165) is 0 Å². The first kappa shape index (κ1) is 13.4. The number of pyridine rings is 1. The van der Waals surface area contributed by atoms with E-state index in [1.165, 1.54) is 18.2 Å². The van der Waals surface area contributed by atoms with Gasteiger partial charge in [-0.15, -0.1) is 0 Å². The van der Waals surface area contributed by atoms with Crippen LogP contribution < -0.4 is 10.6 Å². The molecule has 0 aliphatic heterocycles. The van der Waals surface area contributed by atoms with E-state index in [2.05, 4.69) is 4.98 Å². The Bertz CT molecular complexity index is 402. The lowest BCUT2D eigenvalue weighted by atomic mass is 10.0. The second kappa shape index (κ2) is 5.14. The first-order chi connectivity index (χ1) is 7.96. The lowest BCUT2D eigenvalue weighted by Gasteiger charge is -2.30. The van der Waals surface area contributed by atoms with Crippen LogP contribution >= 0.6 is 0 Å². The predicted molar refractivity (Wildman–Crippen MR) is 67.8 cm³/mol. The van der Waals surface area contributed by atoms with Gasteiger partial charge in [-0.1, -0.05) is 6.92 Å². The zero-order valence-corrected chi connectivity index (χ0v) is 10.7. The number of nitrogens with two attached hydrogens (primary N) is 1. The van der Waals surface area contributed by atoms with Crippen molar-refractivity contribution in [3.63, 3.8) is 0 Å². The number of likely N-dealkylation sites (N-methyl/N-ethyl adjacent to an activating group) is 1. The van der Waals surface area contributed by atoms with E-state index in [4.69, 9.17) is 10.5 Å². The Morgan fingerprint density at radius 3 is 2.76 bits per heavy atom.